The summed E-state index contributed by atoms with van der Waals surface area (Å²) in [4.78, 5) is 40.2. The number of carboxylic acid groups (broad SMARTS) is 1. The van der Waals surface area contributed by atoms with E-state index in [9.17, 15) is 19.5 Å². The van der Waals surface area contributed by atoms with Crippen molar-refractivity contribution in [2.24, 2.45) is 17.8 Å². The van der Waals surface area contributed by atoms with Crippen LogP contribution in [-0.4, -0.2) is 40.5 Å². The molecule has 28 heavy (non-hydrogen) atoms. The van der Waals surface area contributed by atoms with Crippen molar-refractivity contribution in [1.29, 1.82) is 0 Å². The van der Waals surface area contributed by atoms with Crippen LogP contribution in [0.5, 0.6) is 0 Å². The average Bonchev–Trinajstić information content (AvgIpc) is 3.27. The second-order valence-electron chi connectivity index (χ2n) is 8.34. The molecular weight excluding hydrogens is 358 g/mol. The molecule has 6 nitrogen and oxygen atoms in total. The minimum Gasteiger partial charge on any atom is -0.479 e. The number of hydrogen-bond donors (Lipinski definition) is 1. The van der Waals surface area contributed by atoms with Crippen molar-refractivity contribution in [3.63, 3.8) is 0 Å². The largest absolute Gasteiger partial charge is 0.479 e. The third-order valence-electron chi connectivity index (χ3n) is 6.78. The van der Waals surface area contributed by atoms with Crippen molar-refractivity contribution in [2.75, 3.05) is 7.11 Å². The molecule has 2 fully saturated rings. The molecule has 1 saturated carbocycles. The Morgan fingerprint density at radius 3 is 2.39 bits per heavy atom. The Balaban J connectivity index is 2.19. The Bertz CT molecular complexity index is 785. The minimum absolute atomic E-state index is 0.160. The van der Waals surface area contributed by atoms with E-state index in [0.717, 1.165) is 36.8 Å². The molecule has 0 radical (unpaired) electrons. The van der Waals surface area contributed by atoms with Gasteiger partial charge in [0.2, 0.25) is 5.91 Å². The van der Waals surface area contributed by atoms with E-state index in [1.54, 1.807) is 13.8 Å². The van der Waals surface area contributed by atoms with Gasteiger partial charge in [-0.2, -0.15) is 0 Å². The molecule has 2 aliphatic rings. The summed E-state index contributed by atoms with van der Waals surface area (Å²) in [5, 5.41) is 10.2. The van der Waals surface area contributed by atoms with E-state index in [0.29, 0.717) is 0 Å². The molecule has 4 unspecified atom stereocenters. The summed E-state index contributed by atoms with van der Waals surface area (Å²) in [5.41, 5.74) is 0.289. The number of carboxylic acids is 1. The van der Waals surface area contributed by atoms with E-state index >= 15 is 0 Å². The van der Waals surface area contributed by atoms with Gasteiger partial charge in [0, 0.05) is 11.8 Å². The minimum atomic E-state index is -1.48. The van der Waals surface area contributed by atoms with Gasteiger partial charge in [0.25, 0.3) is 0 Å². The molecule has 1 aromatic carbocycles. The van der Waals surface area contributed by atoms with E-state index in [1.807, 2.05) is 31.2 Å². The van der Waals surface area contributed by atoms with Crippen LogP contribution in [0.25, 0.3) is 0 Å². The Hall–Kier alpha value is -2.37. The summed E-state index contributed by atoms with van der Waals surface area (Å²) in [5.74, 6) is -3.24. The van der Waals surface area contributed by atoms with Crippen molar-refractivity contribution in [3.8, 4) is 0 Å². The quantitative estimate of drug-likeness (QED) is 0.801. The van der Waals surface area contributed by atoms with Crippen LogP contribution in [0.1, 0.15) is 56.7 Å². The number of methoxy groups -OCH3 is 1. The van der Waals surface area contributed by atoms with Gasteiger partial charge >= 0.3 is 11.9 Å². The summed E-state index contributed by atoms with van der Waals surface area (Å²) in [7, 11) is 1.31. The third kappa shape index (κ3) is 3.09. The van der Waals surface area contributed by atoms with E-state index in [4.69, 9.17) is 4.74 Å². The number of hydrogen-bond acceptors (Lipinski definition) is 4. The predicted octanol–water partition coefficient (Wildman–Crippen LogP) is 3.34. The van der Waals surface area contributed by atoms with E-state index in [-0.39, 0.29) is 11.8 Å². The van der Waals surface area contributed by atoms with Gasteiger partial charge in [0.1, 0.15) is 5.54 Å². The highest BCUT2D eigenvalue weighted by Crippen LogP contribution is 2.52. The second kappa shape index (κ2) is 7.57. The van der Waals surface area contributed by atoms with Crippen molar-refractivity contribution >= 4 is 17.8 Å². The predicted molar refractivity (Wildman–Crippen MR) is 103 cm³/mol. The van der Waals surface area contributed by atoms with Gasteiger partial charge in [-0.3, -0.25) is 9.59 Å². The Labute approximate surface area is 165 Å². The lowest BCUT2D eigenvalue weighted by Crippen LogP contribution is -2.55. The van der Waals surface area contributed by atoms with Gasteiger partial charge in [0.05, 0.1) is 19.1 Å². The maximum Gasteiger partial charge on any atom is 0.329 e. The molecule has 1 amide bonds. The number of carbonyl (C=O) groups excluding carboxylic acids is 2. The summed E-state index contributed by atoms with van der Waals surface area (Å²) in [6.07, 6.45) is 3.48. The fourth-order valence-electron chi connectivity index (χ4n) is 5.00. The average molecular weight is 387 g/mol. The fraction of sp³-hybridized carbons (Fsp3) is 0.591. The molecule has 0 bridgehead atoms. The van der Waals surface area contributed by atoms with E-state index in [2.05, 4.69) is 0 Å². The van der Waals surface area contributed by atoms with Crippen molar-refractivity contribution in [1.82, 2.24) is 4.90 Å². The molecule has 0 spiro atoms. The molecule has 1 heterocycles. The van der Waals surface area contributed by atoms with Gasteiger partial charge in [-0.05, 0) is 32.3 Å². The summed E-state index contributed by atoms with van der Waals surface area (Å²) >= 11 is 0. The Morgan fingerprint density at radius 2 is 1.86 bits per heavy atom. The lowest BCUT2D eigenvalue weighted by molar-refractivity contribution is -0.161. The molecule has 0 aromatic heterocycles. The van der Waals surface area contributed by atoms with Crippen LogP contribution in [0.4, 0.5) is 0 Å². The number of likely N-dealkylation sites (tertiary alicyclic amines) is 1. The Kier molecular flexibility index (Phi) is 5.50. The van der Waals surface area contributed by atoms with Crippen LogP contribution < -0.4 is 0 Å². The summed E-state index contributed by atoms with van der Waals surface area (Å²) in [6, 6.07) is 6.95. The standard InChI is InChI=1S/C22H29NO5/c1-13-8-7-11-16(12-13)18-17(20(25)28-4)14(2)22(3,21(26)27)23(18)19(24)15-9-5-6-10-15/h7-8,11-12,14-15,17-18H,5-6,9-10H2,1-4H3,(H,26,27). The van der Waals surface area contributed by atoms with Gasteiger partial charge in [-0.15, -0.1) is 0 Å². The van der Waals surface area contributed by atoms with Crippen LogP contribution in [0.3, 0.4) is 0 Å². The first kappa shape index (κ1) is 20.4. The highest BCUT2D eigenvalue weighted by atomic mass is 16.5. The number of nitrogens with zero attached hydrogens (tertiary/aromatic N) is 1. The van der Waals surface area contributed by atoms with Crippen LogP contribution in [0.2, 0.25) is 0 Å². The number of esters is 1. The van der Waals surface area contributed by atoms with Gasteiger partial charge in [0.15, 0.2) is 0 Å². The van der Waals surface area contributed by atoms with Crippen LogP contribution in [-0.2, 0) is 19.1 Å². The normalized spacial score (nSPS) is 30.4. The van der Waals surface area contributed by atoms with Crippen LogP contribution >= 0.6 is 0 Å². The molecular formula is C22H29NO5. The molecule has 1 saturated heterocycles. The molecule has 6 heteroatoms. The first-order valence-corrected chi connectivity index (χ1v) is 9.94. The zero-order valence-corrected chi connectivity index (χ0v) is 17.0. The lowest BCUT2D eigenvalue weighted by Gasteiger charge is -2.38. The molecule has 152 valence electrons. The van der Waals surface area contributed by atoms with Crippen LogP contribution in [0.15, 0.2) is 24.3 Å². The number of amides is 1. The molecule has 1 aliphatic heterocycles. The number of rotatable bonds is 4. The number of aliphatic carboxylic acids is 1. The van der Waals surface area contributed by atoms with Crippen molar-refractivity contribution in [2.45, 2.75) is 58.0 Å². The zero-order chi connectivity index (χ0) is 20.6. The number of benzene rings is 1. The number of aryl methyl sites for hydroxylation is 1. The Morgan fingerprint density at radius 1 is 1.21 bits per heavy atom. The van der Waals surface area contributed by atoms with E-state index < -0.39 is 35.4 Å². The zero-order valence-electron chi connectivity index (χ0n) is 17.0. The first-order valence-electron chi connectivity index (χ1n) is 9.94. The van der Waals surface area contributed by atoms with Crippen molar-refractivity contribution < 1.29 is 24.2 Å². The number of ether oxygens (including phenoxy) is 1. The van der Waals surface area contributed by atoms with Crippen LogP contribution in [0, 0.1) is 24.7 Å². The second-order valence-corrected chi connectivity index (χ2v) is 8.34. The molecule has 1 N–H and O–H groups in total. The smallest absolute Gasteiger partial charge is 0.329 e. The third-order valence-corrected chi connectivity index (χ3v) is 6.78. The maximum atomic E-state index is 13.5. The molecule has 3 rings (SSSR count). The highest BCUT2D eigenvalue weighted by molar-refractivity contribution is 5.92. The lowest BCUT2D eigenvalue weighted by atomic mass is 9.80. The summed E-state index contributed by atoms with van der Waals surface area (Å²) in [6.45, 7) is 5.24. The van der Waals surface area contributed by atoms with E-state index in [1.165, 1.54) is 12.0 Å². The molecule has 4 atom stereocenters. The fourth-order valence-corrected chi connectivity index (χ4v) is 5.00. The van der Waals surface area contributed by atoms with Gasteiger partial charge in [-0.25, -0.2) is 4.79 Å². The highest BCUT2D eigenvalue weighted by Gasteiger charge is 2.63. The molecule has 1 aliphatic carbocycles. The monoisotopic (exact) mass is 387 g/mol. The SMILES string of the molecule is COC(=O)C1C(c2cccc(C)c2)N(C(=O)C2CCCC2)C(C)(C(=O)O)C1C. The maximum absolute atomic E-state index is 13.5. The molecule has 1 aromatic rings. The van der Waals surface area contributed by atoms with Gasteiger partial charge < -0.3 is 14.7 Å². The summed E-state index contributed by atoms with van der Waals surface area (Å²) < 4.78 is 5.04. The number of carbonyl (C=O) groups is 3. The topological polar surface area (TPSA) is 83.9 Å². The first-order chi connectivity index (χ1) is 13.2. The van der Waals surface area contributed by atoms with Crippen molar-refractivity contribution in [3.05, 3.63) is 35.4 Å². The van der Waals surface area contributed by atoms with Gasteiger partial charge in [-0.1, -0.05) is 49.6 Å².